The molecule has 1 radical (unpaired) electrons. The molecule has 1 heteroatoms. The fourth-order valence-corrected chi connectivity index (χ4v) is 1.42. The molecule has 0 amide bonds. The lowest BCUT2D eigenvalue weighted by Gasteiger charge is -2.24. The topological polar surface area (TPSA) is 3.24 Å². The number of hydrogen-bond acceptors (Lipinski definition) is 1. The highest BCUT2D eigenvalue weighted by Crippen LogP contribution is 2.06. The van der Waals surface area contributed by atoms with Crippen molar-refractivity contribution < 1.29 is 0 Å². The molecule has 0 fully saturated rings. The smallest absolute Gasteiger partial charge is 0.0249 e. The van der Waals surface area contributed by atoms with E-state index in [-0.39, 0.29) is 0 Å². The minimum Gasteiger partial charge on any atom is -0.298 e. The van der Waals surface area contributed by atoms with Gasteiger partial charge in [-0.2, -0.15) is 0 Å². The van der Waals surface area contributed by atoms with E-state index < -0.39 is 0 Å². The van der Waals surface area contributed by atoms with Crippen LogP contribution in [0.5, 0.6) is 0 Å². The normalized spacial score (nSPS) is 12.0. The zero-order valence-electron chi connectivity index (χ0n) is 9.30. The molecule has 1 nitrogen and oxygen atoms in total. The average Bonchev–Trinajstić information content (AvgIpc) is 1.84. The third kappa shape index (κ3) is 6.66. The minimum atomic E-state index is 0.770. The second-order valence-electron chi connectivity index (χ2n) is 4.33. The van der Waals surface area contributed by atoms with E-state index in [0.717, 1.165) is 18.3 Å². The van der Waals surface area contributed by atoms with Crippen molar-refractivity contribution >= 4 is 0 Å². The molecule has 0 bridgehead atoms. The van der Waals surface area contributed by atoms with Gasteiger partial charge >= 0.3 is 0 Å². The summed E-state index contributed by atoms with van der Waals surface area (Å²) in [6, 6.07) is 0. The van der Waals surface area contributed by atoms with Crippen molar-refractivity contribution in [2.45, 2.75) is 41.0 Å². The predicted molar refractivity (Wildman–Crippen MR) is 55.8 cm³/mol. The second-order valence-corrected chi connectivity index (χ2v) is 4.33. The summed E-state index contributed by atoms with van der Waals surface area (Å²) in [7, 11) is 0. The summed E-state index contributed by atoms with van der Waals surface area (Å²) >= 11 is 0. The monoisotopic (exact) mass is 170 g/mol. The SMILES string of the molecule is CC[CH]N(CC(C)C)CC(C)C. The van der Waals surface area contributed by atoms with Crippen LogP contribution < -0.4 is 0 Å². The molecule has 0 aliphatic heterocycles. The molecule has 12 heavy (non-hydrogen) atoms. The van der Waals surface area contributed by atoms with Crippen LogP contribution in [0.4, 0.5) is 0 Å². The third-order valence-corrected chi connectivity index (χ3v) is 1.64. The largest absolute Gasteiger partial charge is 0.298 e. The zero-order chi connectivity index (χ0) is 9.56. The summed E-state index contributed by atoms with van der Waals surface area (Å²) in [5.41, 5.74) is 0. The molecule has 0 aromatic heterocycles. The molecule has 0 atom stereocenters. The maximum absolute atomic E-state index is 2.45. The van der Waals surface area contributed by atoms with E-state index in [9.17, 15) is 0 Å². The highest BCUT2D eigenvalue weighted by molar-refractivity contribution is 4.69. The Morgan fingerprint density at radius 1 is 1.00 bits per heavy atom. The molecule has 0 heterocycles. The van der Waals surface area contributed by atoms with Crippen molar-refractivity contribution in [1.82, 2.24) is 4.90 Å². The van der Waals surface area contributed by atoms with E-state index in [4.69, 9.17) is 0 Å². The van der Waals surface area contributed by atoms with E-state index in [0.29, 0.717) is 0 Å². The lowest BCUT2D eigenvalue weighted by Crippen LogP contribution is -2.28. The summed E-state index contributed by atoms with van der Waals surface area (Å²) in [5.74, 6) is 1.54. The van der Waals surface area contributed by atoms with Gasteiger partial charge in [-0.05, 0) is 18.3 Å². The van der Waals surface area contributed by atoms with Gasteiger partial charge in [-0.1, -0.05) is 34.6 Å². The van der Waals surface area contributed by atoms with Crippen molar-refractivity contribution in [1.29, 1.82) is 0 Å². The quantitative estimate of drug-likeness (QED) is 0.592. The lowest BCUT2D eigenvalue weighted by atomic mass is 10.1. The molecule has 0 unspecified atom stereocenters. The summed E-state index contributed by atoms with van der Waals surface area (Å²) in [6.45, 7) is 16.0. The molecule has 0 saturated heterocycles. The van der Waals surface area contributed by atoms with Crippen LogP contribution in [0.15, 0.2) is 0 Å². The van der Waals surface area contributed by atoms with Crippen molar-refractivity contribution in [2.24, 2.45) is 11.8 Å². The Kier molecular flexibility index (Phi) is 6.45. The Labute approximate surface area is 78.1 Å². The van der Waals surface area contributed by atoms with Gasteiger partial charge in [0.05, 0.1) is 0 Å². The summed E-state index contributed by atoms with van der Waals surface area (Å²) in [6.07, 6.45) is 1.15. The number of rotatable bonds is 6. The number of hydrogen-bond donors (Lipinski definition) is 0. The first-order valence-corrected chi connectivity index (χ1v) is 5.13. The second kappa shape index (κ2) is 6.47. The fraction of sp³-hybridized carbons (Fsp3) is 0.909. The first-order chi connectivity index (χ1) is 5.56. The lowest BCUT2D eigenvalue weighted by molar-refractivity contribution is 0.261. The molecule has 0 rings (SSSR count). The Morgan fingerprint density at radius 2 is 1.42 bits per heavy atom. The number of nitrogens with zero attached hydrogens (tertiary/aromatic N) is 1. The van der Waals surface area contributed by atoms with Gasteiger partial charge < -0.3 is 0 Å². The molecule has 0 N–H and O–H groups in total. The first-order valence-electron chi connectivity index (χ1n) is 5.13. The molecular weight excluding hydrogens is 146 g/mol. The zero-order valence-corrected chi connectivity index (χ0v) is 9.30. The minimum absolute atomic E-state index is 0.770. The van der Waals surface area contributed by atoms with Gasteiger partial charge in [0.1, 0.15) is 0 Å². The maximum Gasteiger partial charge on any atom is 0.0249 e. The molecule has 73 valence electrons. The van der Waals surface area contributed by atoms with Crippen LogP contribution in [-0.4, -0.2) is 18.0 Å². The first kappa shape index (κ1) is 12.0. The van der Waals surface area contributed by atoms with Crippen molar-refractivity contribution in [2.75, 3.05) is 13.1 Å². The summed E-state index contributed by atoms with van der Waals surface area (Å²) in [5, 5.41) is 0. The summed E-state index contributed by atoms with van der Waals surface area (Å²) in [4.78, 5) is 2.45. The Hall–Kier alpha value is -0.0400. The van der Waals surface area contributed by atoms with Crippen LogP contribution in [0.1, 0.15) is 41.0 Å². The molecule has 0 spiro atoms. The van der Waals surface area contributed by atoms with Gasteiger partial charge in [-0.3, -0.25) is 4.90 Å². The van der Waals surface area contributed by atoms with Crippen LogP contribution in [0, 0.1) is 18.4 Å². The van der Waals surface area contributed by atoms with Gasteiger partial charge in [0.2, 0.25) is 0 Å². The van der Waals surface area contributed by atoms with Gasteiger partial charge in [-0.15, -0.1) is 0 Å². The maximum atomic E-state index is 2.45. The standard InChI is InChI=1S/C11H24N/c1-6-7-12(8-10(2)3)9-11(4)5/h7,10-11H,6,8-9H2,1-5H3. The molecule has 0 saturated carbocycles. The van der Waals surface area contributed by atoms with Crippen molar-refractivity contribution in [3.63, 3.8) is 0 Å². The predicted octanol–water partition coefficient (Wildman–Crippen LogP) is 3.17. The van der Waals surface area contributed by atoms with Crippen molar-refractivity contribution in [3.8, 4) is 0 Å². The molecular formula is C11H24N. The van der Waals surface area contributed by atoms with E-state index in [2.05, 4.69) is 46.1 Å². The molecule has 0 aliphatic rings. The molecule has 0 aliphatic carbocycles. The van der Waals surface area contributed by atoms with Crippen LogP contribution in [0.25, 0.3) is 0 Å². The Balaban J connectivity index is 3.69. The van der Waals surface area contributed by atoms with E-state index in [1.165, 1.54) is 13.1 Å². The highest BCUT2D eigenvalue weighted by atomic mass is 15.1. The summed E-state index contributed by atoms with van der Waals surface area (Å²) < 4.78 is 0. The average molecular weight is 170 g/mol. The van der Waals surface area contributed by atoms with Gasteiger partial charge in [0.15, 0.2) is 0 Å². The van der Waals surface area contributed by atoms with Crippen LogP contribution >= 0.6 is 0 Å². The van der Waals surface area contributed by atoms with Gasteiger partial charge in [-0.25, -0.2) is 0 Å². The van der Waals surface area contributed by atoms with Crippen molar-refractivity contribution in [3.05, 3.63) is 6.54 Å². The van der Waals surface area contributed by atoms with E-state index in [1.54, 1.807) is 0 Å². The molecule has 0 aromatic carbocycles. The highest BCUT2D eigenvalue weighted by Gasteiger charge is 2.07. The van der Waals surface area contributed by atoms with E-state index in [1.807, 2.05) is 0 Å². The molecule has 0 aromatic rings. The third-order valence-electron chi connectivity index (χ3n) is 1.64. The van der Waals surface area contributed by atoms with Crippen LogP contribution in [0.2, 0.25) is 0 Å². The van der Waals surface area contributed by atoms with Gasteiger partial charge in [0.25, 0.3) is 0 Å². The van der Waals surface area contributed by atoms with Crippen LogP contribution in [-0.2, 0) is 0 Å². The van der Waals surface area contributed by atoms with E-state index >= 15 is 0 Å². The Morgan fingerprint density at radius 3 is 1.67 bits per heavy atom. The van der Waals surface area contributed by atoms with Gasteiger partial charge in [0, 0.05) is 19.6 Å². The Bertz CT molecular complexity index is 87.2. The fourth-order valence-electron chi connectivity index (χ4n) is 1.42. The van der Waals surface area contributed by atoms with Crippen LogP contribution in [0.3, 0.4) is 0 Å².